The van der Waals surface area contributed by atoms with Gasteiger partial charge in [-0.2, -0.15) is 0 Å². The molecule has 0 aromatic carbocycles. The summed E-state index contributed by atoms with van der Waals surface area (Å²) in [6.07, 6.45) is 13.0. The molecule has 1 heterocycles. The van der Waals surface area contributed by atoms with Gasteiger partial charge in [0.1, 0.15) is 0 Å². The predicted octanol–water partition coefficient (Wildman–Crippen LogP) is 3.44. The van der Waals surface area contributed by atoms with Crippen molar-refractivity contribution in [3.8, 4) is 0 Å². The summed E-state index contributed by atoms with van der Waals surface area (Å²) >= 11 is 0. The fraction of sp³-hybridized carbons (Fsp3) is 0.722. The van der Waals surface area contributed by atoms with Crippen molar-refractivity contribution < 1.29 is 0 Å². The van der Waals surface area contributed by atoms with Crippen LogP contribution in [0.4, 0.5) is 0 Å². The second kappa shape index (κ2) is 4.84. The van der Waals surface area contributed by atoms with Gasteiger partial charge < -0.3 is 5.73 Å². The maximum Gasteiger partial charge on any atom is 0.0468 e. The van der Waals surface area contributed by atoms with Crippen LogP contribution in [0.5, 0.6) is 0 Å². The van der Waals surface area contributed by atoms with Crippen molar-refractivity contribution in [2.45, 2.75) is 56.8 Å². The molecule has 1 aromatic heterocycles. The molecule has 5 rings (SSSR count). The molecule has 0 saturated heterocycles. The van der Waals surface area contributed by atoms with Gasteiger partial charge in [0.2, 0.25) is 0 Å². The minimum atomic E-state index is 0.438. The molecule has 4 aliphatic carbocycles. The average Bonchev–Trinajstić information content (AvgIpc) is 2.44. The molecule has 4 fully saturated rings. The summed E-state index contributed by atoms with van der Waals surface area (Å²) in [5.74, 6) is 2.99. The lowest BCUT2D eigenvalue weighted by molar-refractivity contribution is -0.00723. The molecule has 4 aliphatic rings. The molecule has 2 N–H and O–H groups in total. The zero-order chi connectivity index (χ0) is 13.6. The van der Waals surface area contributed by atoms with Crippen LogP contribution in [-0.2, 0) is 11.8 Å². The SMILES string of the molecule is NCCCc1ccnc(C23CC4CC(CC(C4)C2)C3)c1. The maximum atomic E-state index is 5.65. The van der Waals surface area contributed by atoms with Crippen LogP contribution in [0.15, 0.2) is 18.3 Å². The number of pyridine rings is 1. The zero-order valence-corrected chi connectivity index (χ0v) is 12.4. The Kier molecular flexibility index (Phi) is 3.10. The first kappa shape index (κ1) is 12.8. The van der Waals surface area contributed by atoms with Crippen LogP contribution in [0.1, 0.15) is 56.2 Å². The predicted molar refractivity (Wildman–Crippen MR) is 81.5 cm³/mol. The second-order valence-corrected chi connectivity index (χ2v) is 7.64. The Labute approximate surface area is 122 Å². The fourth-order valence-electron chi connectivity index (χ4n) is 5.65. The van der Waals surface area contributed by atoms with E-state index in [4.69, 9.17) is 10.7 Å². The van der Waals surface area contributed by atoms with Gasteiger partial charge in [-0.1, -0.05) is 0 Å². The Bertz CT molecular complexity index is 459. The quantitative estimate of drug-likeness (QED) is 0.910. The standard InChI is InChI=1S/C18H26N2/c19-4-1-2-13-3-5-20-17(9-13)18-10-14-6-15(11-18)8-16(7-14)12-18/h3,5,9,14-16H,1-2,4,6-8,10-12,19H2. The summed E-state index contributed by atoms with van der Waals surface area (Å²) < 4.78 is 0. The Morgan fingerprint density at radius 3 is 2.35 bits per heavy atom. The van der Waals surface area contributed by atoms with E-state index in [2.05, 4.69) is 12.1 Å². The van der Waals surface area contributed by atoms with Crippen molar-refractivity contribution in [3.63, 3.8) is 0 Å². The molecule has 4 saturated carbocycles. The summed E-state index contributed by atoms with van der Waals surface area (Å²) in [4.78, 5) is 4.81. The van der Waals surface area contributed by atoms with Crippen LogP contribution < -0.4 is 5.73 Å². The lowest BCUT2D eigenvalue weighted by atomic mass is 9.48. The van der Waals surface area contributed by atoms with E-state index in [9.17, 15) is 0 Å². The van der Waals surface area contributed by atoms with Crippen molar-refractivity contribution in [2.75, 3.05) is 6.54 Å². The van der Waals surface area contributed by atoms with Crippen molar-refractivity contribution in [3.05, 3.63) is 29.6 Å². The topological polar surface area (TPSA) is 38.9 Å². The normalized spacial score (nSPS) is 38.4. The molecule has 0 amide bonds. The maximum absolute atomic E-state index is 5.65. The minimum absolute atomic E-state index is 0.438. The molecule has 2 heteroatoms. The summed E-state index contributed by atoms with van der Waals surface area (Å²) in [6, 6.07) is 4.59. The molecule has 4 bridgehead atoms. The first-order valence-electron chi connectivity index (χ1n) is 8.43. The molecule has 0 aliphatic heterocycles. The van der Waals surface area contributed by atoms with E-state index >= 15 is 0 Å². The van der Waals surface area contributed by atoms with E-state index in [1.807, 2.05) is 6.20 Å². The summed E-state index contributed by atoms with van der Waals surface area (Å²) in [5.41, 5.74) is 8.93. The first-order valence-corrected chi connectivity index (χ1v) is 8.43. The third kappa shape index (κ3) is 2.09. The largest absolute Gasteiger partial charge is 0.330 e. The van der Waals surface area contributed by atoms with Gasteiger partial charge in [-0.3, -0.25) is 4.98 Å². The van der Waals surface area contributed by atoms with Crippen LogP contribution in [0.2, 0.25) is 0 Å². The third-order valence-electron chi connectivity index (χ3n) is 6.08. The van der Waals surface area contributed by atoms with E-state index in [-0.39, 0.29) is 0 Å². The van der Waals surface area contributed by atoms with Crippen molar-refractivity contribution in [2.24, 2.45) is 23.5 Å². The Morgan fingerprint density at radius 1 is 1.10 bits per heavy atom. The Morgan fingerprint density at radius 2 is 1.75 bits per heavy atom. The molecule has 20 heavy (non-hydrogen) atoms. The van der Waals surface area contributed by atoms with Gasteiger partial charge in [0.25, 0.3) is 0 Å². The highest BCUT2D eigenvalue weighted by molar-refractivity contribution is 5.27. The van der Waals surface area contributed by atoms with Crippen LogP contribution in [0.25, 0.3) is 0 Å². The van der Waals surface area contributed by atoms with Crippen molar-refractivity contribution in [1.29, 1.82) is 0 Å². The van der Waals surface area contributed by atoms with Gasteiger partial charge in [0.05, 0.1) is 0 Å². The third-order valence-corrected chi connectivity index (χ3v) is 6.08. The van der Waals surface area contributed by atoms with Crippen LogP contribution in [0.3, 0.4) is 0 Å². The lowest BCUT2D eigenvalue weighted by Crippen LogP contribution is -2.48. The van der Waals surface area contributed by atoms with Crippen LogP contribution in [-0.4, -0.2) is 11.5 Å². The number of aryl methyl sites for hydroxylation is 1. The number of rotatable bonds is 4. The number of nitrogens with zero attached hydrogens (tertiary/aromatic N) is 1. The highest BCUT2D eigenvalue weighted by Crippen LogP contribution is 2.60. The molecule has 0 radical (unpaired) electrons. The number of hydrogen-bond donors (Lipinski definition) is 1. The molecular formula is C18H26N2. The summed E-state index contributed by atoms with van der Waals surface area (Å²) in [6.45, 7) is 0.787. The van der Waals surface area contributed by atoms with E-state index in [1.54, 1.807) is 0 Å². The second-order valence-electron chi connectivity index (χ2n) is 7.64. The molecule has 0 spiro atoms. The van der Waals surface area contributed by atoms with Crippen molar-refractivity contribution >= 4 is 0 Å². The van der Waals surface area contributed by atoms with Gasteiger partial charge in [-0.25, -0.2) is 0 Å². The molecule has 1 aromatic rings. The fourth-order valence-corrected chi connectivity index (χ4v) is 5.65. The van der Waals surface area contributed by atoms with Crippen LogP contribution in [0, 0.1) is 17.8 Å². The zero-order valence-electron chi connectivity index (χ0n) is 12.4. The first-order chi connectivity index (χ1) is 9.77. The van der Waals surface area contributed by atoms with Gasteiger partial charge in [0.15, 0.2) is 0 Å². The van der Waals surface area contributed by atoms with Gasteiger partial charge in [0, 0.05) is 17.3 Å². The summed E-state index contributed by atoms with van der Waals surface area (Å²) in [7, 11) is 0. The smallest absolute Gasteiger partial charge is 0.0468 e. The van der Waals surface area contributed by atoms with E-state index in [0.29, 0.717) is 5.41 Å². The van der Waals surface area contributed by atoms with Gasteiger partial charge in [-0.05, 0) is 93.4 Å². The van der Waals surface area contributed by atoms with Gasteiger partial charge in [-0.15, -0.1) is 0 Å². The number of aromatic nitrogens is 1. The molecule has 2 nitrogen and oxygen atoms in total. The van der Waals surface area contributed by atoms with Gasteiger partial charge >= 0.3 is 0 Å². The highest BCUT2D eigenvalue weighted by atomic mass is 14.7. The number of nitrogens with two attached hydrogens (primary N) is 1. The van der Waals surface area contributed by atoms with E-state index in [1.165, 1.54) is 49.8 Å². The molecule has 0 unspecified atom stereocenters. The van der Waals surface area contributed by atoms with E-state index in [0.717, 1.165) is 37.1 Å². The lowest BCUT2D eigenvalue weighted by Gasteiger charge is -2.56. The van der Waals surface area contributed by atoms with Crippen molar-refractivity contribution in [1.82, 2.24) is 4.98 Å². The Hall–Kier alpha value is -0.890. The average molecular weight is 270 g/mol. The molecule has 0 atom stereocenters. The monoisotopic (exact) mass is 270 g/mol. The molecule has 108 valence electrons. The summed E-state index contributed by atoms with van der Waals surface area (Å²) in [5, 5.41) is 0. The number of hydrogen-bond acceptors (Lipinski definition) is 2. The van der Waals surface area contributed by atoms with E-state index < -0.39 is 0 Å². The van der Waals surface area contributed by atoms with Crippen LogP contribution >= 0.6 is 0 Å². The highest BCUT2D eigenvalue weighted by Gasteiger charge is 2.52. The Balaban J connectivity index is 1.63. The molecular weight excluding hydrogens is 244 g/mol. The minimum Gasteiger partial charge on any atom is -0.330 e.